The largest absolute Gasteiger partial charge is 0.383 e. The van der Waals surface area contributed by atoms with Gasteiger partial charge in [0.05, 0.1) is 11.5 Å². The van der Waals surface area contributed by atoms with E-state index in [9.17, 15) is 8.42 Å². The predicted octanol–water partition coefficient (Wildman–Crippen LogP) is 3.43. The number of benzene rings is 1. The van der Waals surface area contributed by atoms with E-state index in [1.807, 2.05) is 18.2 Å². The highest BCUT2D eigenvalue weighted by Crippen LogP contribution is 2.23. The first-order valence-electron chi connectivity index (χ1n) is 8.47. The summed E-state index contributed by atoms with van der Waals surface area (Å²) in [6.45, 7) is 5.16. The molecule has 1 atom stereocenters. The third-order valence-electron chi connectivity index (χ3n) is 4.33. The maximum absolute atomic E-state index is 13.0. The zero-order valence-corrected chi connectivity index (χ0v) is 15.9. The Morgan fingerprint density at radius 2 is 1.92 bits per heavy atom. The van der Waals surface area contributed by atoms with E-state index in [2.05, 4.69) is 18.8 Å². The molecule has 0 amide bonds. The van der Waals surface area contributed by atoms with E-state index in [-0.39, 0.29) is 6.54 Å². The van der Waals surface area contributed by atoms with Gasteiger partial charge in [-0.3, -0.25) is 4.98 Å². The molecule has 6 heteroatoms. The number of hydrogen-bond acceptors (Lipinski definition) is 4. The Morgan fingerprint density at radius 1 is 1.20 bits per heavy atom. The van der Waals surface area contributed by atoms with Crippen molar-refractivity contribution in [2.45, 2.75) is 37.6 Å². The number of ether oxygens (including phenoxy) is 1. The van der Waals surface area contributed by atoms with Crippen LogP contribution in [0.15, 0.2) is 53.7 Å². The van der Waals surface area contributed by atoms with Crippen molar-refractivity contribution >= 4 is 10.0 Å². The lowest BCUT2D eigenvalue weighted by Crippen LogP contribution is -2.33. The Hall–Kier alpha value is -1.76. The summed E-state index contributed by atoms with van der Waals surface area (Å²) in [5, 5.41) is 0. The normalized spacial score (nSPS) is 13.1. The van der Waals surface area contributed by atoms with Gasteiger partial charge >= 0.3 is 0 Å². The van der Waals surface area contributed by atoms with E-state index in [4.69, 9.17) is 4.74 Å². The second kappa shape index (κ2) is 9.08. The van der Waals surface area contributed by atoms with E-state index in [1.54, 1.807) is 37.7 Å². The highest BCUT2D eigenvalue weighted by molar-refractivity contribution is 7.89. The highest BCUT2D eigenvalue weighted by atomic mass is 32.2. The minimum atomic E-state index is -3.60. The zero-order valence-electron chi connectivity index (χ0n) is 15.1. The quantitative estimate of drug-likeness (QED) is 0.686. The van der Waals surface area contributed by atoms with Crippen LogP contribution in [0.1, 0.15) is 37.3 Å². The fourth-order valence-electron chi connectivity index (χ4n) is 2.53. The molecule has 25 heavy (non-hydrogen) atoms. The number of nitrogens with zero attached hydrogens (tertiary/aromatic N) is 2. The first kappa shape index (κ1) is 19.6. The molecule has 2 rings (SSSR count). The first-order valence-corrected chi connectivity index (χ1v) is 9.91. The van der Waals surface area contributed by atoms with E-state index in [0.717, 1.165) is 17.5 Å². The van der Waals surface area contributed by atoms with Crippen LogP contribution in [0.25, 0.3) is 0 Å². The van der Waals surface area contributed by atoms with Crippen LogP contribution in [-0.2, 0) is 21.3 Å². The van der Waals surface area contributed by atoms with Gasteiger partial charge in [-0.05, 0) is 41.7 Å². The lowest BCUT2D eigenvalue weighted by atomic mass is 9.99. The van der Waals surface area contributed by atoms with Gasteiger partial charge in [0.1, 0.15) is 0 Å². The number of sulfonamides is 1. The SMILES string of the molecule is CCC(C)c1ccc(S(=O)(=O)N(CCOC)Cc2cccnc2)cc1. The van der Waals surface area contributed by atoms with Gasteiger partial charge in [0, 0.05) is 32.6 Å². The van der Waals surface area contributed by atoms with Crippen molar-refractivity contribution in [2.75, 3.05) is 20.3 Å². The lowest BCUT2D eigenvalue weighted by Gasteiger charge is -2.22. The molecule has 1 unspecified atom stereocenters. The maximum atomic E-state index is 13.0. The Labute approximate surface area is 150 Å². The molecule has 0 fully saturated rings. The Bertz CT molecular complexity index is 746. The van der Waals surface area contributed by atoms with Crippen molar-refractivity contribution in [3.05, 3.63) is 59.9 Å². The summed E-state index contributed by atoms with van der Waals surface area (Å²) in [5.74, 6) is 0.414. The number of methoxy groups -OCH3 is 1. The number of rotatable bonds is 9. The van der Waals surface area contributed by atoms with Crippen LogP contribution in [0.5, 0.6) is 0 Å². The average Bonchev–Trinajstić information content (AvgIpc) is 2.65. The standard InChI is InChI=1S/C19H26N2O3S/c1-4-16(2)18-7-9-19(10-8-18)25(22,23)21(12-13-24-3)15-17-6-5-11-20-14-17/h5-11,14,16H,4,12-13,15H2,1-3H3. The molecule has 0 aliphatic rings. The molecular formula is C19H26N2O3S. The van der Waals surface area contributed by atoms with Crippen LogP contribution >= 0.6 is 0 Å². The maximum Gasteiger partial charge on any atom is 0.243 e. The molecule has 1 aromatic carbocycles. The van der Waals surface area contributed by atoms with Crippen molar-refractivity contribution < 1.29 is 13.2 Å². The molecule has 5 nitrogen and oxygen atoms in total. The van der Waals surface area contributed by atoms with Crippen LogP contribution in [0.2, 0.25) is 0 Å². The monoisotopic (exact) mass is 362 g/mol. The molecule has 0 N–H and O–H groups in total. The third kappa shape index (κ3) is 5.11. The molecule has 1 heterocycles. The van der Waals surface area contributed by atoms with Crippen LogP contribution in [0.3, 0.4) is 0 Å². The summed E-state index contributed by atoms with van der Waals surface area (Å²) in [6, 6.07) is 10.9. The Morgan fingerprint density at radius 3 is 2.48 bits per heavy atom. The van der Waals surface area contributed by atoms with Gasteiger partial charge in [-0.25, -0.2) is 8.42 Å². The van der Waals surface area contributed by atoms with Crippen molar-refractivity contribution in [1.29, 1.82) is 0 Å². The van der Waals surface area contributed by atoms with Crippen LogP contribution in [0.4, 0.5) is 0 Å². The molecular weight excluding hydrogens is 336 g/mol. The van der Waals surface area contributed by atoms with Crippen molar-refractivity contribution in [2.24, 2.45) is 0 Å². The topological polar surface area (TPSA) is 59.5 Å². The van der Waals surface area contributed by atoms with Gasteiger partial charge in [-0.15, -0.1) is 0 Å². The van der Waals surface area contributed by atoms with Gasteiger partial charge in [0.2, 0.25) is 10.0 Å². The number of aromatic nitrogens is 1. The van der Waals surface area contributed by atoms with Crippen LogP contribution in [0, 0.1) is 0 Å². The molecule has 0 radical (unpaired) electrons. The first-order chi connectivity index (χ1) is 12.0. The second-order valence-electron chi connectivity index (χ2n) is 6.07. The van der Waals surface area contributed by atoms with Crippen LogP contribution in [-0.4, -0.2) is 38.0 Å². The number of pyridine rings is 1. The third-order valence-corrected chi connectivity index (χ3v) is 6.19. The molecule has 0 aliphatic carbocycles. The van der Waals surface area contributed by atoms with E-state index in [0.29, 0.717) is 24.0 Å². The van der Waals surface area contributed by atoms with Gasteiger partial charge in [0.25, 0.3) is 0 Å². The predicted molar refractivity (Wildman–Crippen MR) is 98.9 cm³/mol. The zero-order chi connectivity index (χ0) is 18.3. The minimum absolute atomic E-state index is 0.270. The second-order valence-corrected chi connectivity index (χ2v) is 8.01. The molecule has 136 valence electrons. The summed E-state index contributed by atoms with van der Waals surface area (Å²) >= 11 is 0. The summed E-state index contributed by atoms with van der Waals surface area (Å²) in [4.78, 5) is 4.37. The molecule has 0 aliphatic heterocycles. The van der Waals surface area contributed by atoms with Gasteiger partial charge < -0.3 is 4.74 Å². The van der Waals surface area contributed by atoms with E-state index in [1.165, 1.54) is 4.31 Å². The fraction of sp³-hybridized carbons (Fsp3) is 0.421. The van der Waals surface area contributed by atoms with Gasteiger partial charge in [0.15, 0.2) is 0 Å². The Balaban J connectivity index is 2.27. The highest BCUT2D eigenvalue weighted by Gasteiger charge is 2.24. The minimum Gasteiger partial charge on any atom is -0.383 e. The molecule has 1 aromatic heterocycles. The van der Waals surface area contributed by atoms with Gasteiger partial charge in [-0.2, -0.15) is 4.31 Å². The molecule has 0 spiro atoms. The molecule has 0 bridgehead atoms. The molecule has 0 saturated carbocycles. The summed E-state index contributed by atoms with van der Waals surface area (Å²) in [6.07, 6.45) is 4.37. The van der Waals surface area contributed by atoms with Crippen molar-refractivity contribution in [1.82, 2.24) is 9.29 Å². The fourth-order valence-corrected chi connectivity index (χ4v) is 3.94. The summed E-state index contributed by atoms with van der Waals surface area (Å²) < 4.78 is 32.6. The lowest BCUT2D eigenvalue weighted by molar-refractivity contribution is 0.177. The Kier molecular flexibility index (Phi) is 7.11. The van der Waals surface area contributed by atoms with Crippen LogP contribution < -0.4 is 0 Å². The van der Waals surface area contributed by atoms with Gasteiger partial charge in [-0.1, -0.05) is 32.0 Å². The summed E-state index contributed by atoms with van der Waals surface area (Å²) in [7, 11) is -2.03. The number of hydrogen-bond donors (Lipinski definition) is 0. The molecule has 2 aromatic rings. The van der Waals surface area contributed by atoms with E-state index >= 15 is 0 Å². The summed E-state index contributed by atoms with van der Waals surface area (Å²) in [5.41, 5.74) is 2.00. The average molecular weight is 362 g/mol. The van der Waals surface area contributed by atoms with Crippen molar-refractivity contribution in [3.8, 4) is 0 Å². The molecule has 0 saturated heterocycles. The van der Waals surface area contributed by atoms with E-state index < -0.39 is 10.0 Å². The van der Waals surface area contributed by atoms with Crippen molar-refractivity contribution in [3.63, 3.8) is 0 Å². The smallest absolute Gasteiger partial charge is 0.243 e.